The van der Waals surface area contributed by atoms with Crippen LogP contribution < -0.4 is 14.8 Å². The number of nitrogens with zero attached hydrogens (tertiary/aromatic N) is 2. The van der Waals surface area contributed by atoms with Gasteiger partial charge in [0.2, 0.25) is 0 Å². The van der Waals surface area contributed by atoms with E-state index in [1.165, 1.54) is 0 Å². The van der Waals surface area contributed by atoms with Crippen LogP contribution in [0.3, 0.4) is 0 Å². The third-order valence-electron chi connectivity index (χ3n) is 3.26. The Morgan fingerprint density at radius 1 is 1.45 bits per heavy atom. The molecule has 2 aromatic rings. The van der Waals surface area contributed by atoms with E-state index in [4.69, 9.17) is 21.1 Å². The fourth-order valence-electron chi connectivity index (χ4n) is 2.28. The summed E-state index contributed by atoms with van der Waals surface area (Å²) in [6.07, 6.45) is 3.55. The van der Waals surface area contributed by atoms with Gasteiger partial charge in [0, 0.05) is 24.0 Å². The second-order valence-electron chi connectivity index (χ2n) is 5.08. The zero-order chi connectivity index (χ0) is 15.5. The molecule has 1 N–H and O–H groups in total. The quantitative estimate of drug-likeness (QED) is 0.937. The van der Waals surface area contributed by atoms with Gasteiger partial charge in [-0.1, -0.05) is 11.6 Å². The van der Waals surface area contributed by atoms with Gasteiger partial charge in [-0.15, -0.1) is 0 Å². The predicted octanol–water partition coefficient (Wildman–Crippen LogP) is 2.13. The number of fused-ring (bicyclic) bond motifs is 1. The summed E-state index contributed by atoms with van der Waals surface area (Å²) < 4.78 is 12.7. The number of rotatable bonds is 4. The molecule has 1 atom stereocenters. The summed E-state index contributed by atoms with van der Waals surface area (Å²) >= 11 is 6.14. The second kappa shape index (κ2) is 6.27. The SMILES string of the molecule is CC(Cn1cccn1)NC(=O)c1cc(Cl)c2c(c1)OCCO2. The van der Waals surface area contributed by atoms with Gasteiger partial charge < -0.3 is 14.8 Å². The lowest BCUT2D eigenvalue weighted by Gasteiger charge is -2.20. The van der Waals surface area contributed by atoms with Crippen molar-refractivity contribution in [2.75, 3.05) is 13.2 Å². The van der Waals surface area contributed by atoms with E-state index in [1.54, 1.807) is 23.0 Å². The van der Waals surface area contributed by atoms with Crippen LogP contribution in [0, 0.1) is 0 Å². The smallest absolute Gasteiger partial charge is 0.251 e. The molecule has 22 heavy (non-hydrogen) atoms. The summed E-state index contributed by atoms with van der Waals surface area (Å²) in [7, 11) is 0. The number of hydrogen-bond acceptors (Lipinski definition) is 4. The minimum atomic E-state index is -0.210. The first kappa shape index (κ1) is 14.7. The molecule has 0 fully saturated rings. The molecule has 0 aliphatic carbocycles. The number of carbonyl (C=O) groups is 1. The Labute approximate surface area is 133 Å². The Hall–Kier alpha value is -2.21. The Morgan fingerprint density at radius 3 is 3.05 bits per heavy atom. The highest BCUT2D eigenvalue weighted by molar-refractivity contribution is 6.32. The van der Waals surface area contributed by atoms with Gasteiger partial charge in [-0.25, -0.2) is 0 Å². The lowest BCUT2D eigenvalue weighted by Crippen LogP contribution is -2.35. The van der Waals surface area contributed by atoms with E-state index in [0.717, 1.165) is 0 Å². The van der Waals surface area contributed by atoms with E-state index >= 15 is 0 Å². The average molecular weight is 322 g/mol. The second-order valence-corrected chi connectivity index (χ2v) is 5.49. The average Bonchev–Trinajstić information content (AvgIpc) is 3.00. The maximum absolute atomic E-state index is 12.3. The molecule has 3 rings (SSSR count). The first-order chi connectivity index (χ1) is 10.6. The van der Waals surface area contributed by atoms with E-state index in [2.05, 4.69) is 10.4 Å². The Kier molecular flexibility index (Phi) is 4.20. The topological polar surface area (TPSA) is 65.4 Å². The third kappa shape index (κ3) is 3.17. The summed E-state index contributed by atoms with van der Waals surface area (Å²) in [6, 6.07) is 5.01. The molecule has 1 aliphatic heterocycles. The lowest BCUT2D eigenvalue weighted by molar-refractivity contribution is 0.0934. The van der Waals surface area contributed by atoms with Crippen molar-refractivity contribution in [3.63, 3.8) is 0 Å². The van der Waals surface area contributed by atoms with Gasteiger partial charge >= 0.3 is 0 Å². The summed E-state index contributed by atoms with van der Waals surface area (Å²) in [5.74, 6) is 0.788. The van der Waals surface area contributed by atoms with Crippen molar-refractivity contribution in [1.82, 2.24) is 15.1 Å². The maximum Gasteiger partial charge on any atom is 0.251 e. The molecule has 116 valence electrons. The number of amides is 1. The Bertz CT molecular complexity index is 673. The minimum absolute atomic E-state index is 0.0700. The summed E-state index contributed by atoms with van der Waals surface area (Å²) in [6.45, 7) is 3.42. The first-order valence-corrected chi connectivity index (χ1v) is 7.38. The first-order valence-electron chi connectivity index (χ1n) is 7.01. The zero-order valence-electron chi connectivity index (χ0n) is 12.1. The predicted molar refractivity (Wildman–Crippen MR) is 81.6 cm³/mol. The standard InChI is InChI=1S/C15H16ClN3O3/c1-10(9-19-4-2-3-17-19)18-15(20)11-7-12(16)14-13(8-11)21-5-6-22-14/h2-4,7-8,10H,5-6,9H2,1H3,(H,18,20). The molecule has 1 amide bonds. The van der Waals surface area contributed by atoms with Gasteiger partial charge in [-0.2, -0.15) is 5.10 Å². The van der Waals surface area contributed by atoms with E-state index in [1.807, 2.05) is 19.2 Å². The van der Waals surface area contributed by atoms with E-state index in [0.29, 0.717) is 41.8 Å². The Balaban J connectivity index is 1.70. The van der Waals surface area contributed by atoms with Crippen LogP contribution in [-0.2, 0) is 6.54 Å². The van der Waals surface area contributed by atoms with Gasteiger partial charge in [0.25, 0.3) is 5.91 Å². The van der Waals surface area contributed by atoms with Crippen LogP contribution in [-0.4, -0.2) is 34.9 Å². The van der Waals surface area contributed by atoms with E-state index in [9.17, 15) is 4.79 Å². The van der Waals surface area contributed by atoms with Crippen LogP contribution in [0.25, 0.3) is 0 Å². The normalized spacial score (nSPS) is 14.5. The van der Waals surface area contributed by atoms with Crippen LogP contribution >= 0.6 is 11.6 Å². The lowest BCUT2D eigenvalue weighted by atomic mass is 10.1. The van der Waals surface area contributed by atoms with Crippen LogP contribution in [0.2, 0.25) is 5.02 Å². The molecule has 1 aromatic heterocycles. The fourth-order valence-corrected chi connectivity index (χ4v) is 2.55. The molecule has 7 heteroatoms. The van der Waals surface area contributed by atoms with Crippen molar-refractivity contribution in [2.24, 2.45) is 0 Å². The molecule has 0 radical (unpaired) electrons. The van der Waals surface area contributed by atoms with Crippen molar-refractivity contribution >= 4 is 17.5 Å². The van der Waals surface area contributed by atoms with Crippen molar-refractivity contribution in [3.8, 4) is 11.5 Å². The minimum Gasteiger partial charge on any atom is -0.486 e. The molecule has 0 bridgehead atoms. The largest absolute Gasteiger partial charge is 0.486 e. The number of halogens is 1. The van der Waals surface area contributed by atoms with Gasteiger partial charge in [0.1, 0.15) is 13.2 Å². The number of nitrogens with one attached hydrogen (secondary N) is 1. The van der Waals surface area contributed by atoms with Crippen molar-refractivity contribution < 1.29 is 14.3 Å². The van der Waals surface area contributed by atoms with Gasteiger partial charge in [0.15, 0.2) is 11.5 Å². The highest BCUT2D eigenvalue weighted by atomic mass is 35.5. The zero-order valence-corrected chi connectivity index (χ0v) is 12.8. The highest BCUT2D eigenvalue weighted by Crippen LogP contribution is 2.38. The maximum atomic E-state index is 12.3. The molecule has 2 heterocycles. The summed E-state index contributed by atoms with van der Waals surface area (Å²) in [4.78, 5) is 12.3. The summed E-state index contributed by atoms with van der Waals surface area (Å²) in [5, 5.41) is 7.41. The molecule has 1 aliphatic rings. The molecule has 0 saturated carbocycles. The van der Waals surface area contributed by atoms with Crippen LogP contribution in [0.4, 0.5) is 0 Å². The van der Waals surface area contributed by atoms with Crippen LogP contribution in [0.5, 0.6) is 11.5 Å². The van der Waals surface area contributed by atoms with Crippen molar-refractivity contribution in [3.05, 3.63) is 41.2 Å². The Morgan fingerprint density at radius 2 is 2.27 bits per heavy atom. The fraction of sp³-hybridized carbons (Fsp3) is 0.333. The molecule has 0 spiro atoms. The number of hydrogen-bond donors (Lipinski definition) is 1. The summed E-state index contributed by atoms with van der Waals surface area (Å²) in [5.41, 5.74) is 0.446. The van der Waals surface area contributed by atoms with Gasteiger partial charge in [0.05, 0.1) is 11.6 Å². The molecular formula is C15H16ClN3O3. The van der Waals surface area contributed by atoms with E-state index in [-0.39, 0.29) is 11.9 Å². The monoisotopic (exact) mass is 321 g/mol. The van der Waals surface area contributed by atoms with E-state index < -0.39 is 0 Å². The number of benzene rings is 1. The number of carbonyl (C=O) groups excluding carboxylic acids is 1. The highest BCUT2D eigenvalue weighted by Gasteiger charge is 2.20. The molecule has 1 aromatic carbocycles. The molecule has 1 unspecified atom stereocenters. The van der Waals surface area contributed by atoms with Crippen molar-refractivity contribution in [2.45, 2.75) is 19.5 Å². The van der Waals surface area contributed by atoms with Crippen molar-refractivity contribution in [1.29, 1.82) is 0 Å². The number of aromatic nitrogens is 2. The molecular weight excluding hydrogens is 306 g/mol. The molecule has 0 saturated heterocycles. The van der Waals surface area contributed by atoms with Gasteiger partial charge in [-0.05, 0) is 25.1 Å². The molecule has 6 nitrogen and oxygen atoms in total. The van der Waals surface area contributed by atoms with Crippen LogP contribution in [0.1, 0.15) is 17.3 Å². The third-order valence-corrected chi connectivity index (χ3v) is 3.54. The van der Waals surface area contributed by atoms with Crippen LogP contribution in [0.15, 0.2) is 30.6 Å². The number of ether oxygens (including phenoxy) is 2. The van der Waals surface area contributed by atoms with Gasteiger partial charge in [-0.3, -0.25) is 9.48 Å².